The Kier molecular flexibility index (Phi) is 5.83. The van der Waals surface area contributed by atoms with Gasteiger partial charge in [0.25, 0.3) is 0 Å². The fraction of sp³-hybridized carbons (Fsp3) is 0.909. The molecule has 1 unspecified atom stereocenters. The molecule has 1 atom stereocenters. The van der Waals surface area contributed by atoms with E-state index in [0.29, 0.717) is 19.7 Å². The first-order valence-electron chi connectivity index (χ1n) is 5.34. The van der Waals surface area contributed by atoms with Crippen LogP contribution in [-0.2, 0) is 9.53 Å². The molecule has 90 valence electrons. The number of carbonyl (C=O) groups excluding carboxylic acids is 1. The van der Waals surface area contributed by atoms with Crippen LogP contribution in [-0.4, -0.2) is 48.3 Å². The summed E-state index contributed by atoms with van der Waals surface area (Å²) in [4.78, 5) is 13.3. The second-order valence-electron chi connectivity index (χ2n) is 4.66. The van der Waals surface area contributed by atoms with Crippen molar-refractivity contribution in [1.29, 1.82) is 0 Å². The van der Waals surface area contributed by atoms with E-state index in [-0.39, 0.29) is 11.9 Å². The zero-order valence-electron chi connectivity index (χ0n) is 10.4. The lowest BCUT2D eigenvalue weighted by molar-refractivity contribution is -0.148. The van der Waals surface area contributed by atoms with Crippen LogP contribution >= 0.6 is 0 Å². The van der Waals surface area contributed by atoms with Crippen LogP contribution in [0.15, 0.2) is 0 Å². The summed E-state index contributed by atoms with van der Waals surface area (Å²) in [5, 5.41) is 9.59. The Morgan fingerprint density at radius 1 is 1.53 bits per heavy atom. The number of nitrogens with zero attached hydrogens (tertiary/aromatic N) is 1. The SMILES string of the molecule is CCOC(=O)C(C)CN(C)CC(C)(C)O. The van der Waals surface area contributed by atoms with Gasteiger partial charge >= 0.3 is 5.97 Å². The van der Waals surface area contributed by atoms with Gasteiger partial charge in [-0.2, -0.15) is 0 Å². The van der Waals surface area contributed by atoms with E-state index in [2.05, 4.69) is 0 Å². The first kappa shape index (κ1) is 14.4. The highest BCUT2D eigenvalue weighted by molar-refractivity contribution is 5.72. The Bertz CT molecular complexity index is 198. The van der Waals surface area contributed by atoms with E-state index >= 15 is 0 Å². The molecule has 0 saturated carbocycles. The maximum Gasteiger partial charge on any atom is 0.309 e. The molecule has 0 spiro atoms. The molecule has 0 bridgehead atoms. The first-order valence-corrected chi connectivity index (χ1v) is 5.34. The van der Waals surface area contributed by atoms with Crippen molar-refractivity contribution in [3.05, 3.63) is 0 Å². The van der Waals surface area contributed by atoms with Crippen LogP contribution in [0.25, 0.3) is 0 Å². The van der Waals surface area contributed by atoms with Crippen LogP contribution < -0.4 is 0 Å². The largest absolute Gasteiger partial charge is 0.466 e. The lowest BCUT2D eigenvalue weighted by Crippen LogP contribution is -2.39. The highest BCUT2D eigenvalue weighted by atomic mass is 16.5. The summed E-state index contributed by atoms with van der Waals surface area (Å²) >= 11 is 0. The molecule has 0 aromatic carbocycles. The summed E-state index contributed by atoms with van der Waals surface area (Å²) in [7, 11) is 1.88. The minimum atomic E-state index is -0.733. The third-order valence-corrected chi connectivity index (χ3v) is 1.93. The third-order valence-electron chi connectivity index (χ3n) is 1.93. The third kappa shape index (κ3) is 7.33. The minimum absolute atomic E-state index is 0.155. The lowest BCUT2D eigenvalue weighted by atomic mass is 10.1. The topological polar surface area (TPSA) is 49.8 Å². The van der Waals surface area contributed by atoms with Crippen molar-refractivity contribution in [3.63, 3.8) is 0 Å². The zero-order valence-corrected chi connectivity index (χ0v) is 10.4. The number of likely N-dealkylation sites (N-methyl/N-ethyl adjacent to an activating group) is 1. The lowest BCUT2D eigenvalue weighted by Gasteiger charge is -2.26. The molecule has 4 heteroatoms. The Morgan fingerprint density at radius 3 is 2.47 bits per heavy atom. The molecular weight excluding hydrogens is 194 g/mol. The quantitative estimate of drug-likeness (QED) is 0.671. The maximum absolute atomic E-state index is 11.3. The Morgan fingerprint density at radius 2 is 2.07 bits per heavy atom. The van der Waals surface area contributed by atoms with Gasteiger partial charge in [-0.3, -0.25) is 4.79 Å². The van der Waals surface area contributed by atoms with E-state index in [4.69, 9.17) is 4.74 Å². The second kappa shape index (κ2) is 6.08. The van der Waals surface area contributed by atoms with Crippen LogP contribution in [0.4, 0.5) is 0 Å². The smallest absolute Gasteiger partial charge is 0.309 e. The molecule has 0 fully saturated rings. The molecule has 0 aliphatic rings. The predicted molar refractivity (Wildman–Crippen MR) is 59.6 cm³/mol. The van der Waals surface area contributed by atoms with E-state index < -0.39 is 5.60 Å². The van der Waals surface area contributed by atoms with Crippen LogP contribution in [0.5, 0.6) is 0 Å². The van der Waals surface area contributed by atoms with Crippen molar-refractivity contribution in [3.8, 4) is 0 Å². The number of ether oxygens (including phenoxy) is 1. The van der Waals surface area contributed by atoms with Crippen LogP contribution in [0, 0.1) is 5.92 Å². The summed E-state index contributed by atoms with van der Waals surface area (Å²) in [6.07, 6.45) is 0. The average molecular weight is 217 g/mol. The summed E-state index contributed by atoms with van der Waals surface area (Å²) in [5.41, 5.74) is -0.733. The zero-order chi connectivity index (χ0) is 12.1. The molecule has 4 nitrogen and oxygen atoms in total. The van der Waals surface area contributed by atoms with Crippen LogP contribution in [0.3, 0.4) is 0 Å². The highest BCUT2D eigenvalue weighted by Gasteiger charge is 2.20. The second-order valence-corrected chi connectivity index (χ2v) is 4.66. The summed E-state index contributed by atoms with van der Waals surface area (Å²) < 4.78 is 4.91. The normalized spacial score (nSPS) is 14.1. The molecule has 0 aromatic heterocycles. The van der Waals surface area contributed by atoms with Gasteiger partial charge in [0.2, 0.25) is 0 Å². The highest BCUT2D eigenvalue weighted by Crippen LogP contribution is 2.07. The molecule has 0 rings (SSSR count). The van der Waals surface area contributed by atoms with Crippen LogP contribution in [0.2, 0.25) is 0 Å². The monoisotopic (exact) mass is 217 g/mol. The van der Waals surface area contributed by atoms with Crippen molar-refractivity contribution < 1.29 is 14.6 Å². The van der Waals surface area contributed by atoms with Gasteiger partial charge in [-0.05, 0) is 27.8 Å². The molecule has 0 radical (unpaired) electrons. The Labute approximate surface area is 92.2 Å². The Balaban J connectivity index is 3.96. The van der Waals surface area contributed by atoms with Crippen LogP contribution in [0.1, 0.15) is 27.7 Å². The molecule has 0 aliphatic carbocycles. The van der Waals surface area contributed by atoms with Gasteiger partial charge in [-0.15, -0.1) is 0 Å². The molecule has 0 heterocycles. The van der Waals surface area contributed by atoms with E-state index in [9.17, 15) is 9.90 Å². The van der Waals surface area contributed by atoms with E-state index in [1.807, 2.05) is 18.9 Å². The molecule has 0 saturated heterocycles. The molecular formula is C11H23NO3. The van der Waals surface area contributed by atoms with Gasteiger partial charge in [0, 0.05) is 13.1 Å². The molecule has 15 heavy (non-hydrogen) atoms. The average Bonchev–Trinajstić information content (AvgIpc) is 2.00. The molecule has 0 amide bonds. The van der Waals surface area contributed by atoms with Gasteiger partial charge in [0.15, 0.2) is 0 Å². The van der Waals surface area contributed by atoms with E-state index in [1.54, 1.807) is 20.8 Å². The van der Waals surface area contributed by atoms with Crippen molar-refractivity contribution in [1.82, 2.24) is 4.90 Å². The molecule has 1 N–H and O–H groups in total. The van der Waals surface area contributed by atoms with E-state index in [0.717, 1.165) is 0 Å². The minimum Gasteiger partial charge on any atom is -0.466 e. The summed E-state index contributed by atoms with van der Waals surface area (Å²) in [5.74, 6) is -0.336. The number of esters is 1. The molecule has 0 aliphatic heterocycles. The van der Waals surface area contributed by atoms with Gasteiger partial charge in [-0.1, -0.05) is 6.92 Å². The van der Waals surface area contributed by atoms with Crippen molar-refractivity contribution >= 4 is 5.97 Å². The maximum atomic E-state index is 11.3. The van der Waals surface area contributed by atoms with E-state index in [1.165, 1.54) is 0 Å². The number of aliphatic hydroxyl groups is 1. The fourth-order valence-electron chi connectivity index (χ4n) is 1.55. The number of carbonyl (C=O) groups is 1. The standard InChI is InChI=1S/C11H23NO3/c1-6-15-10(13)9(2)7-12(5)8-11(3,4)14/h9,14H,6-8H2,1-5H3. The van der Waals surface area contributed by atoms with Gasteiger partial charge in [-0.25, -0.2) is 0 Å². The van der Waals surface area contributed by atoms with Crippen molar-refractivity contribution in [2.45, 2.75) is 33.3 Å². The Hall–Kier alpha value is -0.610. The first-order chi connectivity index (χ1) is 6.76. The fourth-order valence-corrected chi connectivity index (χ4v) is 1.55. The predicted octanol–water partition coefficient (Wildman–Crippen LogP) is 0.888. The molecule has 0 aromatic rings. The van der Waals surface area contributed by atoms with Crippen molar-refractivity contribution in [2.24, 2.45) is 5.92 Å². The number of hydrogen-bond donors (Lipinski definition) is 1. The number of rotatable bonds is 6. The van der Waals surface area contributed by atoms with Gasteiger partial charge < -0.3 is 14.7 Å². The van der Waals surface area contributed by atoms with Gasteiger partial charge in [0.1, 0.15) is 0 Å². The van der Waals surface area contributed by atoms with Crippen molar-refractivity contribution in [2.75, 3.05) is 26.7 Å². The summed E-state index contributed by atoms with van der Waals surface area (Å²) in [6.45, 7) is 8.68. The summed E-state index contributed by atoms with van der Waals surface area (Å²) in [6, 6.07) is 0. The number of hydrogen-bond acceptors (Lipinski definition) is 4. The van der Waals surface area contributed by atoms with Gasteiger partial charge in [0.05, 0.1) is 18.1 Å².